The molecule has 2 aliphatic carbocycles. The zero-order valence-electron chi connectivity index (χ0n) is 20.0. The first-order valence-corrected chi connectivity index (χ1v) is 12.0. The van der Waals surface area contributed by atoms with Crippen molar-refractivity contribution in [2.45, 2.75) is 97.9 Å². The quantitative estimate of drug-likeness (QED) is 0.220. The molecule has 31 heavy (non-hydrogen) atoms. The van der Waals surface area contributed by atoms with Crippen LogP contribution < -0.4 is 0 Å². The van der Waals surface area contributed by atoms with Gasteiger partial charge in [-0.25, -0.2) is 0 Å². The van der Waals surface area contributed by atoms with E-state index in [1.165, 1.54) is 5.57 Å². The second-order valence-electron chi connectivity index (χ2n) is 9.89. The summed E-state index contributed by atoms with van der Waals surface area (Å²) in [5, 5.41) is 20.9. The van der Waals surface area contributed by atoms with Gasteiger partial charge in [0.25, 0.3) is 0 Å². The Balaban J connectivity index is 1.81. The van der Waals surface area contributed by atoms with E-state index in [2.05, 4.69) is 31.8 Å². The lowest BCUT2D eigenvalue weighted by Crippen LogP contribution is -2.19. The third kappa shape index (κ3) is 7.81. The van der Waals surface area contributed by atoms with Gasteiger partial charge in [0.2, 0.25) is 0 Å². The van der Waals surface area contributed by atoms with Crippen molar-refractivity contribution in [3.05, 3.63) is 23.8 Å². The number of esters is 1. The third-order valence-electron chi connectivity index (χ3n) is 7.10. The van der Waals surface area contributed by atoms with Gasteiger partial charge in [0.1, 0.15) is 6.10 Å². The van der Waals surface area contributed by atoms with E-state index in [0.29, 0.717) is 30.6 Å². The van der Waals surface area contributed by atoms with Crippen LogP contribution >= 0.6 is 0 Å². The summed E-state index contributed by atoms with van der Waals surface area (Å²) in [6.07, 6.45) is 11.1. The van der Waals surface area contributed by atoms with Crippen LogP contribution in [-0.4, -0.2) is 34.5 Å². The van der Waals surface area contributed by atoms with Crippen molar-refractivity contribution in [3.8, 4) is 11.8 Å². The first kappa shape index (κ1) is 25.7. The van der Waals surface area contributed by atoms with Gasteiger partial charge in [0.05, 0.1) is 12.2 Å². The number of hydrogen-bond acceptors (Lipinski definition) is 4. The lowest BCUT2D eigenvalue weighted by Gasteiger charge is -2.19. The van der Waals surface area contributed by atoms with E-state index in [4.69, 9.17) is 4.74 Å². The summed E-state index contributed by atoms with van der Waals surface area (Å²) in [7, 11) is 0. The predicted molar refractivity (Wildman–Crippen MR) is 125 cm³/mol. The summed E-state index contributed by atoms with van der Waals surface area (Å²) in [5.74, 6) is 7.32. The number of aliphatic hydroxyl groups excluding tert-OH is 2. The maximum Gasteiger partial charge on any atom is 0.306 e. The molecular formula is C27H42O4. The number of carbonyl (C=O) groups excluding carboxylic acids is 1. The van der Waals surface area contributed by atoms with E-state index in [-0.39, 0.29) is 30.0 Å². The molecule has 0 aromatic heterocycles. The molecule has 2 fully saturated rings. The van der Waals surface area contributed by atoms with Gasteiger partial charge in [0.15, 0.2) is 0 Å². The van der Waals surface area contributed by atoms with Crippen LogP contribution in [0.25, 0.3) is 0 Å². The molecule has 4 heteroatoms. The topological polar surface area (TPSA) is 66.8 Å². The molecule has 2 rings (SSSR count). The monoisotopic (exact) mass is 430 g/mol. The van der Waals surface area contributed by atoms with E-state index in [9.17, 15) is 15.0 Å². The van der Waals surface area contributed by atoms with E-state index < -0.39 is 6.10 Å². The molecule has 0 amide bonds. The molecule has 0 spiro atoms. The fourth-order valence-corrected chi connectivity index (χ4v) is 4.71. The van der Waals surface area contributed by atoms with E-state index in [0.717, 1.165) is 32.1 Å². The summed E-state index contributed by atoms with van der Waals surface area (Å²) < 4.78 is 5.43. The van der Waals surface area contributed by atoms with Crippen molar-refractivity contribution < 1.29 is 19.7 Å². The Hall–Kier alpha value is -1.57. The highest BCUT2D eigenvalue weighted by Gasteiger charge is 2.44. The van der Waals surface area contributed by atoms with Gasteiger partial charge in [-0.3, -0.25) is 4.79 Å². The molecular weight excluding hydrogens is 388 g/mol. The number of hydrogen-bond donors (Lipinski definition) is 2. The zero-order valence-corrected chi connectivity index (χ0v) is 20.0. The van der Waals surface area contributed by atoms with Gasteiger partial charge in [-0.1, -0.05) is 44.6 Å². The molecule has 0 radical (unpaired) electrons. The Bertz CT molecular complexity index is 696. The fraction of sp³-hybridized carbons (Fsp3) is 0.741. The molecule has 0 heterocycles. The molecule has 2 saturated carbocycles. The molecule has 2 aliphatic rings. The number of rotatable bonds is 10. The molecule has 0 aromatic carbocycles. The number of aliphatic hydroxyl groups is 2. The van der Waals surface area contributed by atoms with Crippen LogP contribution in [0.1, 0.15) is 79.6 Å². The predicted octanol–water partition coefficient (Wildman–Crippen LogP) is 5.04. The Morgan fingerprint density at radius 3 is 2.68 bits per heavy atom. The standard InChI is InChI=1S/C27H42O4/c1-6-7-10-19(4)25(28)14-13-23-24-16-21(15-22(24)17-26(23)29)11-8-9-12-27(30)31-20(5)18(2)3/h11,13-14,18-20,22-26,28-29H,8-10,12,15-17H2,1-5H3/t19?,20?,22-,23+,24-,25+,26+/m0/s1. The maximum atomic E-state index is 11.9. The van der Waals surface area contributed by atoms with Crippen LogP contribution in [-0.2, 0) is 9.53 Å². The highest BCUT2D eigenvalue weighted by Crippen LogP contribution is 2.50. The van der Waals surface area contributed by atoms with Crippen LogP contribution in [0.5, 0.6) is 0 Å². The van der Waals surface area contributed by atoms with Crippen LogP contribution in [0.2, 0.25) is 0 Å². The van der Waals surface area contributed by atoms with Gasteiger partial charge < -0.3 is 14.9 Å². The average Bonchev–Trinajstić information content (AvgIpc) is 3.23. The minimum absolute atomic E-state index is 0.0300. The van der Waals surface area contributed by atoms with Crippen LogP contribution in [0.3, 0.4) is 0 Å². The highest BCUT2D eigenvalue weighted by atomic mass is 16.5. The second kappa shape index (κ2) is 12.5. The Morgan fingerprint density at radius 2 is 2.00 bits per heavy atom. The van der Waals surface area contributed by atoms with Crippen molar-refractivity contribution in [1.29, 1.82) is 0 Å². The van der Waals surface area contributed by atoms with Crippen LogP contribution in [0, 0.1) is 41.4 Å². The zero-order chi connectivity index (χ0) is 23.0. The molecule has 0 bridgehead atoms. The molecule has 0 saturated heterocycles. The number of fused-ring (bicyclic) bond motifs is 1. The van der Waals surface area contributed by atoms with E-state index in [1.54, 1.807) is 0 Å². The van der Waals surface area contributed by atoms with Crippen molar-refractivity contribution in [1.82, 2.24) is 0 Å². The summed E-state index contributed by atoms with van der Waals surface area (Å²) in [5.41, 5.74) is 1.45. The molecule has 0 aromatic rings. The smallest absolute Gasteiger partial charge is 0.306 e. The normalized spacial score (nSPS) is 29.6. The largest absolute Gasteiger partial charge is 0.462 e. The lowest BCUT2D eigenvalue weighted by atomic mass is 9.89. The van der Waals surface area contributed by atoms with Gasteiger partial charge in [-0.2, -0.15) is 0 Å². The summed E-state index contributed by atoms with van der Waals surface area (Å²) in [6, 6.07) is 0. The third-order valence-corrected chi connectivity index (χ3v) is 7.10. The Labute approximate surface area is 189 Å². The molecule has 2 N–H and O–H groups in total. The molecule has 4 nitrogen and oxygen atoms in total. The Morgan fingerprint density at radius 1 is 1.26 bits per heavy atom. The molecule has 7 atom stereocenters. The maximum absolute atomic E-state index is 11.9. The molecule has 174 valence electrons. The number of unbranched alkanes of at least 4 members (excludes halogenated alkanes) is 1. The van der Waals surface area contributed by atoms with Gasteiger partial charge in [-0.15, -0.1) is 11.8 Å². The summed E-state index contributed by atoms with van der Waals surface area (Å²) in [6.45, 7) is 9.87. The first-order valence-electron chi connectivity index (χ1n) is 12.0. The van der Waals surface area contributed by atoms with Crippen LogP contribution in [0.15, 0.2) is 23.8 Å². The number of allylic oxidation sites excluding steroid dienone is 2. The molecule has 2 unspecified atom stereocenters. The molecule has 0 aliphatic heterocycles. The number of carbonyl (C=O) groups is 1. The second-order valence-corrected chi connectivity index (χ2v) is 9.89. The van der Waals surface area contributed by atoms with Crippen molar-refractivity contribution in [2.75, 3.05) is 0 Å². The van der Waals surface area contributed by atoms with Crippen molar-refractivity contribution in [2.24, 2.45) is 29.6 Å². The van der Waals surface area contributed by atoms with E-state index in [1.807, 2.05) is 32.9 Å². The van der Waals surface area contributed by atoms with Crippen LogP contribution in [0.4, 0.5) is 0 Å². The van der Waals surface area contributed by atoms with E-state index >= 15 is 0 Å². The summed E-state index contributed by atoms with van der Waals surface area (Å²) in [4.78, 5) is 11.9. The number of ether oxygens (including phenoxy) is 1. The first-order chi connectivity index (χ1) is 14.7. The SMILES string of the molecule is CC#CCC(C)[C@H](O)C=C[C@@H]1[C@H]2CC(=CCCCC(=O)OC(C)C(C)C)C[C@H]2C[C@H]1O. The van der Waals surface area contributed by atoms with Crippen molar-refractivity contribution >= 4 is 5.97 Å². The van der Waals surface area contributed by atoms with Gasteiger partial charge in [0, 0.05) is 18.8 Å². The Kier molecular flexibility index (Phi) is 10.3. The highest BCUT2D eigenvalue weighted by molar-refractivity contribution is 5.69. The van der Waals surface area contributed by atoms with Gasteiger partial charge >= 0.3 is 5.97 Å². The summed E-state index contributed by atoms with van der Waals surface area (Å²) >= 11 is 0. The lowest BCUT2D eigenvalue weighted by molar-refractivity contribution is -0.150. The minimum atomic E-state index is -0.526. The average molecular weight is 431 g/mol. The minimum Gasteiger partial charge on any atom is -0.462 e. The fourth-order valence-electron chi connectivity index (χ4n) is 4.71. The van der Waals surface area contributed by atoms with Gasteiger partial charge in [-0.05, 0) is 69.6 Å². The van der Waals surface area contributed by atoms with Crippen molar-refractivity contribution in [3.63, 3.8) is 0 Å².